The summed E-state index contributed by atoms with van der Waals surface area (Å²) in [5.74, 6) is 0. The van der Waals surface area contributed by atoms with Gasteiger partial charge in [-0.3, -0.25) is 9.36 Å². The van der Waals surface area contributed by atoms with Crippen molar-refractivity contribution in [1.82, 2.24) is 14.5 Å². The minimum Gasteiger partial charge on any atom is -0.326 e. The van der Waals surface area contributed by atoms with Crippen LogP contribution in [0.4, 0.5) is 0 Å². The van der Waals surface area contributed by atoms with Gasteiger partial charge in [0.15, 0.2) is 0 Å². The summed E-state index contributed by atoms with van der Waals surface area (Å²) in [6.45, 7) is 5.12. The Morgan fingerprint density at radius 2 is 1.94 bits per heavy atom. The van der Waals surface area contributed by atoms with Crippen LogP contribution in [0, 0.1) is 13.8 Å². The summed E-state index contributed by atoms with van der Waals surface area (Å²) in [6, 6.07) is 4.23. The molecule has 4 nitrogen and oxygen atoms in total. The first-order valence-corrected chi connectivity index (χ1v) is 5.53. The second kappa shape index (κ2) is 4.43. The summed E-state index contributed by atoms with van der Waals surface area (Å²) in [7, 11) is 1.94. The van der Waals surface area contributed by atoms with Crippen LogP contribution >= 0.6 is 0 Å². The van der Waals surface area contributed by atoms with Crippen molar-refractivity contribution >= 4 is 0 Å². The predicted octanol–water partition coefficient (Wildman–Crippen LogP) is 1.62. The van der Waals surface area contributed by atoms with Crippen LogP contribution in [-0.4, -0.2) is 21.0 Å². The second-order valence-corrected chi connectivity index (χ2v) is 4.13. The van der Waals surface area contributed by atoms with Gasteiger partial charge in [0.2, 0.25) is 0 Å². The monoisotopic (exact) mass is 218 g/mol. The molecular weight excluding hydrogens is 200 g/mol. The fourth-order valence-corrected chi connectivity index (χ4v) is 1.83. The normalized spacial score (nSPS) is 10.7. The highest BCUT2D eigenvalue weighted by molar-refractivity contribution is 5.15. The molecule has 2 rings (SSSR count). The van der Waals surface area contributed by atoms with Crippen molar-refractivity contribution in [3.05, 3.63) is 41.5 Å². The summed E-state index contributed by atoms with van der Waals surface area (Å²) in [4.78, 5) is 0. The van der Waals surface area contributed by atoms with E-state index in [0.717, 1.165) is 13.0 Å². The molecule has 0 radical (unpaired) electrons. The number of aromatic nitrogens is 3. The van der Waals surface area contributed by atoms with E-state index in [1.54, 1.807) is 0 Å². The van der Waals surface area contributed by atoms with Gasteiger partial charge in [-0.15, -0.1) is 0 Å². The molecule has 0 atom stereocenters. The van der Waals surface area contributed by atoms with Crippen LogP contribution in [0.1, 0.15) is 17.0 Å². The molecule has 0 aliphatic rings. The highest BCUT2D eigenvalue weighted by Crippen LogP contribution is 2.04. The van der Waals surface area contributed by atoms with Gasteiger partial charge in [0.05, 0.1) is 6.20 Å². The molecule has 0 aliphatic carbocycles. The van der Waals surface area contributed by atoms with Gasteiger partial charge in [-0.25, -0.2) is 0 Å². The number of rotatable bonds is 4. The van der Waals surface area contributed by atoms with Crippen LogP contribution in [0.2, 0.25) is 0 Å². The van der Waals surface area contributed by atoms with Gasteiger partial charge in [0.25, 0.3) is 0 Å². The first-order valence-electron chi connectivity index (χ1n) is 5.53. The molecule has 0 saturated heterocycles. The Bertz CT molecular complexity index is 448. The lowest BCUT2D eigenvalue weighted by atomic mass is 10.3. The molecule has 0 unspecified atom stereocenters. The van der Waals surface area contributed by atoms with Crippen molar-refractivity contribution < 1.29 is 0 Å². The molecule has 2 aromatic heterocycles. The Balaban J connectivity index is 1.89. The number of hydrogen-bond acceptors (Lipinski definition) is 2. The minimum absolute atomic E-state index is 0.919. The molecule has 2 aromatic rings. The number of aryl methyl sites for hydroxylation is 3. The highest BCUT2D eigenvalue weighted by atomic mass is 15.4. The van der Waals surface area contributed by atoms with Gasteiger partial charge in [-0.1, -0.05) is 0 Å². The molecule has 0 saturated carbocycles. The fraction of sp³-hybridized carbons (Fsp3) is 0.417. The molecule has 0 aliphatic heterocycles. The third-order valence-electron chi connectivity index (χ3n) is 2.71. The smallest absolute Gasteiger partial charge is 0.0522 e. The largest absolute Gasteiger partial charge is 0.326 e. The number of nitrogens with zero attached hydrogens (tertiary/aromatic N) is 3. The number of nitrogens with one attached hydrogen (secondary N) is 1. The van der Waals surface area contributed by atoms with Crippen LogP contribution < -0.4 is 5.43 Å². The molecule has 0 aromatic carbocycles. The third-order valence-corrected chi connectivity index (χ3v) is 2.71. The first kappa shape index (κ1) is 10.8. The van der Waals surface area contributed by atoms with Crippen molar-refractivity contribution in [3.8, 4) is 0 Å². The van der Waals surface area contributed by atoms with Gasteiger partial charge in [0, 0.05) is 31.2 Å². The second-order valence-electron chi connectivity index (χ2n) is 4.13. The standard InChI is InChI=1S/C12H18N4/c1-10-4-5-11(2)16(10)13-7-6-12-8-14-15(3)9-12/h4-5,8-9,13H,6-7H2,1-3H3. The Morgan fingerprint density at radius 1 is 1.25 bits per heavy atom. The molecule has 2 heterocycles. The van der Waals surface area contributed by atoms with Crippen LogP contribution in [-0.2, 0) is 13.5 Å². The van der Waals surface area contributed by atoms with E-state index in [2.05, 4.69) is 47.4 Å². The third kappa shape index (κ3) is 2.27. The van der Waals surface area contributed by atoms with Gasteiger partial charge in [0.1, 0.15) is 0 Å². The zero-order valence-corrected chi connectivity index (χ0v) is 10.1. The van der Waals surface area contributed by atoms with Crippen molar-refractivity contribution in [1.29, 1.82) is 0 Å². The van der Waals surface area contributed by atoms with E-state index in [1.807, 2.05) is 17.9 Å². The highest BCUT2D eigenvalue weighted by Gasteiger charge is 2.00. The van der Waals surface area contributed by atoms with Gasteiger partial charge < -0.3 is 5.43 Å². The summed E-state index contributed by atoms with van der Waals surface area (Å²) in [6.07, 6.45) is 4.96. The molecule has 4 heteroatoms. The lowest BCUT2D eigenvalue weighted by Gasteiger charge is -2.11. The SMILES string of the molecule is Cc1ccc(C)n1NCCc1cnn(C)c1. The topological polar surface area (TPSA) is 34.8 Å². The molecule has 0 amide bonds. The van der Waals surface area contributed by atoms with Gasteiger partial charge in [-0.05, 0) is 38.0 Å². The predicted molar refractivity (Wildman–Crippen MR) is 65.0 cm³/mol. The summed E-state index contributed by atoms with van der Waals surface area (Å²) in [5.41, 5.74) is 7.14. The van der Waals surface area contributed by atoms with Crippen molar-refractivity contribution in [2.45, 2.75) is 20.3 Å². The Hall–Kier alpha value is -1.71. The Kier molecular flexibility index (Phi) is 2.99. The van der Waals surface area contributed by atoms with Crippen LogP contribution in [0.3, 0.4) is 0 Å². The zero-order valence-electron chi connectivity index (χ0n) is 10.1. The van der Waals surface area contributed by atoms with Crippen LogP contribution in [0.5, 0.6) is 0 Å². The summed E-state index contributed by atoms with van der Waals surface area (Å²) in [5, 5.41) is 4.15. The lowest BCUT2D eigenvalue weighted by Crippen LogP contribution is -2.19. The molecular formula is C12H18N4. The van der Waals surface area contributed by atoms with Crippen molar-refractivity contribution in [2.75, 3.05) is 12.0 Å². The fourth-order valence-electron chi connectivity index (χ4n) is 1.83. The van der Waals surface area contributed by atoms with Crippen molar-refractivity contribution in [2.24, 2.45) is 7.05 Å². The Morgan fingerprint density at radius 3 is 2.50 bits per heavy atom. The van der Waals surface area contributed by atoms with E-state index in [0.29, 0.717) is 0 Å². The molecule has 0 bridgehead atoms. The number of hydrogen-bond donors (Lipinski definition) is 1. The van der Waals surface area contributed by atoms with Gasteiger partial charge in [-0.2, -0.15) is 5.10 Å². The van der Waals surface area contributed by atoms with Crippen molar-refractivity contribution in [3.63, 3.8) is 0 Å². The molecule has 0 fully saturated rings. The maximum Gasteiger partial charge on any atom is 0.0522 e. The van der Waals surface area contributed by atoms with E-state index in [-0.39, 0.29) is 0 Å². The molecule has 16 heavy (non-hydrogen) atoms. The molecule has 0 spiro atoms. The maximum atomic E-state index is 4.15. The van der Waals surface area contributed by atoms with E-state index < -0.39 is 0 Å². The van der Waals surface area contributed by atoms with Crippen LogP contribution in [0.15, 0.2) is 24.5 Å². The summed E-state index contributed by atoms with van der Waals surface area (Å²) >= 11 is 0. The lowest BCUT2D eigenvalue weighted by molar-refractivity contribution is 0.763. The van der Waals surface area contributed by atoms with E-state index >= 15 is 0 Å². The maximum absolute atomic E-state index is 4.15. The average Bonchev–Trinajstić information content (AvgIpc) is 2.78. The van der Waals surface area contributed by atoms with E-state index in [1.165, 1.54) is 17.0 Å². The summed E-state index contributed by atoms with van der Waals surface area (Å²) < 4.78 is 3.96. The first-order chi connectivity index (χ1) is 7.66. The van der Waals surface area contributed by atoms with Crippen LogP contribution in [0.25, 0.3) is 0 Å². The molecule has 86 valence electrons. The zero-order chi connectivity index (χ0) is 11.5. The van der Waals surface area contributed by atoms with E-state index in [9.17, 15) is 0 Å². The average molecular weight is 218 g/mol. The molecule has 1 N–H and O–H groups in total. The Labute approximate surface area is 95.9 Å². The van der Waals surface area contributed by atoms with Gasteiger partial charge >= 0.3 is 0 Å². The van der Waals surface area contributed by atoms with E-state index in [4.69, 9.17) is 0 Å². The minimum atomic E-state index is 0.919. The quantitative estimate of drug-likeness (QED) is 0.846.